The lowest BCUT2D eigenvalue weighted by atomic mass is 10.1. The molecule has 5 heteroatoms. The van der Waals surface area contributed by atoms with Crippen LogP contribution in [0, 0.1) is 6.57 Å². The second-order valence-electron chi connectivity index (χ2n) is 6.38. The second-order valence-corrected chi connectivity index (χ2v) is 6.38. The molecule has 0 aliphatic rings. The maximum Gasteiger partial charge on any atom is 0.333 e. The number of unbranched alkanes of at least 4 members (excludes halogenated alkanes) is 2. The summed E-state index contributed by atoms with van der Waals surface area (Å²) in [6.45, 7) is 12.4. The van der Waals surface area contributed by atoms with Gasteiger partial charge in [0.1, 0.15) is 5.75 Å². The fourth-order valence-corrected chi connectivity index (χ4v) is 2.46. The van der Waals surface area contributed by atoms with Crippen molar-refractivity contribution in [1.29, 1.82) is 0 Å². The van der Waals surface area contributed by atoms with Crippen LogP contribution in [0.2, 0.25) is 0 Å². The third-order valence-corrected chi connectivity index (χ3v) is 4.02. The third-order valence-electron chi connectivity index (χ3n) is 4.02. The summed E-state index contributed by atoms with van der Waals surface area (Å²) in [5.41, 5.74) is 2.97. The van der Waals surface area contributed by atoms with Crippen LogP contribution >= 0.6 is 0 Å². The minimum absolute atomic E-state index is 0.284. The van der Waals surface area contributed by atoms with Gasteiger partial charge < -0.3 is 9.47 Å². The van der Waals surface area contributed by atoms with Gasteiger partial charge in [-0.2, -0.15) is 0 Å². The van der Waals surface area contributed by atoms with Gasteiger partial charge in [0, 0.05) is 12.0 Å². The van der Waals surface area contributed by atoms with Gasteiger partial charge in [-0.3, -0.25) is 4.79 Å². The topological polar surface area (TPSA) is 57.0 Å². The Bertz CT molecular complexity index is 861. The maximum atomic E-state index is 11.9. The van der Waals surface area contributed by atoms with E-state index in [9.17, 15) is 9.59 Å². The van der Waals surface area contributed by atoms with Crippen LogP contribution in [-0.2, 0) is 14.3 Å². The Morgan fingerprint density at radius 3 is 2.14 bits per heavy atom. The summed E-state index contributed by atoms with van der Waals surface area (Å²) in [7, 11) is 0. The number of carbonyl (C=O) groups is 2. The monoisotopic (exact) mass is 377 g/mol. The number of benzene rings is 2. The minimum Gasteiger partial charge on any atom is -0.462 e. The average molecular weight is 377 g/mol. The largest absolute Gasteiger partial charge is 0.462 e. The predicted molar refractivity (Wildman–Crippen MR) is 108 cm³/mol. The highest BCUT2D eigenvalue weighted by Gasteiger charge is 2.06. The van der Waals surface area contributed by atoms with E-state index in [1.807, 2.05) is 24.3 Å². The first-order valence-corrected chi connectivity index (χ1v) is 9.11. The van der Waals surface area contributed by atoms with Gasteiger partial charge in [-0.1, -0.05) is 43.0 Å². The van der Waals surface area contributed by atoms with E-state index in [1.54, 1.807) is 31.2 Å². The summed E-state index contributed by atoms with van der Waals surface area (Å²) in [5, 5.41) is 0. The van der Waals surface area contributed by atoms with Crippen LogP contribution in [-0.4, -0.2) is 18.5 Å². The minimum atomic E-state index is -0.384. The number of hydrogen-bond donors (Lipinski definition) is 0. The third kappa shape index (κ3) is 6.73. The molecule has 0 aliphatic carbocycles. The van der Waals surface area contributed by atoms with Crippen molar-refractivity contribution in [3.05, 3.63) is 72.1 Å². The maximum absolute atomic E-state index is 11.9. The van der Waals surface area contributed by atoms with Crippen LogP contribution in [0.4, 0.5) is 5.69 Å². The molecule has 0 bridgehead atoms. The normalized spacial score (nSPS) is 10.0. The smallest absolute Gasteiger partial charge is 0.333 e. The van der Waals surface area contributed by atoms with Crippen LogP contribution in [0.25, 0.3) is 16.0 Å². The van der Waals surface area contributed by atoms with E-state index in [0.29, 0.717) is 42.9 Å². The fourth-order valence-electron chi connectivity index (χ4n) is 2.46. The molecular formula is C23H23NO4. The number of rotatable bonds is 9. The quantitative estimate of drug-likeness (QED) is 0.191. The Morgan fingerprint density at radius 1 is 0.964 bits per heavy atom. The van der Waals surface area contributed by atoms with Crippen molar-refractivity contribution in [1.82, 2.24) is 0 Å². The summed E-state index contributed by atoms with van der Waals surface area (Å²) in [6.07, 6.45) is 2.47. The van der Waals surface area contributed by atoms with Crippen LogP contribution in [0.3, 0.4) is 0 Å². The Labute approximate surface area is 165 Å². The lowest BCUT2D eigenvalue weighted by Gasteiger charge is -2.07. The summed E-state index contributed by atoms with van der Waals surface area (Å²) in [4.78, 5) is 26.5. The van der Waals surface area contributed by atoms with Crippen molar-refractivity contribution in [3.8, 4) is 16.9 Å². The summed E-state index contributed by atoms with van der Waals surface area (Å²) in [6, 6.07) is 14.6. The Balaban J connectivity index is 1.71. The summed E-state index contributed by atoms with van der Waals surface area (Å²) in [5.74, 6) is -0.166. The lowest BCUT2D eigenvalue weighted by Crippen LogP contribution is -2.08. The summed E-state index contributed by atoms with van der Waals surface area (Å²) < 4.78 is 10.3. The molecule has 2 aromatic carbocycles. The molecule has 0 heterocycles. The highest BCUT2D eigenvalue weighted by Crippen LogP contribution is 2.25. The lowest BCUT2D eigenvalue weighted by molar-refractivity contribution is -0.139. The predicted octanol–water partition coefficient (Wildman–Crippen LogP) is 5.49. The molecule has 0 saturated carbocycles. The molecule has 2 rings (SSSR count). The molecule has 0 radical (unpaired) electrons. The molecule has 5 nitrogen and oxygen atoms in total. The van der Waals surface area contributed by atoms with Crippen LogP contribution < -0.4 is 4.74 Å². The van der Waals surface area contributed by atoms with Gasteiger partial charge in [0.15, 0.2) is 5.69 Å². The van der Waals surface area contributed by atoms with E-state index in [2.05, 4.69) is 11.4 Å². The molecule has 144 valence electrons. The molecular weight excluding hydrogens is 354 g/mol. The summed E-state index contributed by atoms with van der Waals surface area (Å²) >= 11 is 0. The number of ether oxygens (including phenoxy) is 2. The highest BCUT2D eigenvalue weighted by molar-refractivity contribution is 5.86. The zero-order valence-corrected chi connectivity index (χ0v) is 15.9. The van der Waals surface area contributed by atoms with E-state index >= 15 is 0 Å². The molecule has 0 atom stereocenters. The van der Waals surface area contributed by atoms with Gasteiger partial charge in [0.05, 0.1) is 13.2 Å². The number of esters is 2. The molecule has 28 heavy (non-hydrogen) atoms. The number of carbonyl (C=O) groups excluding carboxylic acids is 2. The molecule has 0 aromatic heterocycles. The Morgan fingerprint density at radius 2 is 1.57 bits per heavy atom. The number of hydrogen-bond acceptors (Lipinski definition) is 4. The molecule has 0 amide bonds. The molecule has 0 saturated heterocycles. The van der Waals surface area contributed by atoms with Crippen molar-refractivity contribution in [2.75, 3.05) is 6.61 Å². The zero-order valence-electron chi connectivity index (χ0n) is 15.9. The van der Waals surface area contributed by atoms with Gasteiger partial charge in [0.25, 0.3) is 0 Å². The van der Waals surface area contributed by atoms with E-state index in [-0.39, 0.29) is 11.9 Å². The number of nitrogens with zero attached hydrogens (tertiary/aromatic N) is 1. The first-order valence-electron chi connectivity index (χ1n) is 9.11. The Hall–Kier alpha value is -3.39. The molecule has 0 fully saturated rings. The van der Waals surface area contributed by atoms with Gasteiger partial charge >= 0.3 is 11.9 Å². The standard InChI is InChI=1S/C23H23NO4/c1-17(2)23(26)27-16-6-4-5-7-22(25)28-21-14-10-19(11-15-21)18-8-12-20(24-3)13-9-18/h8-15H,1,4-7,16H2,2H3. The molecule has 0 aliphatic heterocycles. The van der Waals surface area contributed by atoms with E-state index in [0.717, 1.165) is 17.5 Å². The van der Waals surface area contributed by atoms with Crippen LogP contribution in [0.5, 0.6) is 5.75 Å². The van der Waals surface area contributed by atoms with E-state index in [1.165, 1.54) is 0 Å². The molecule has 0 N–H and O–H groups in total. The van der Waals surface area contributed by atoms with Crippen LogP contribution in [0.15, 0.2) is 60.7 Å². The molecule has 0 unspecified atom stereocenters. The van der Waals surface area contributed by atoms with Gasteiger partial charge in [-0.15, -0.1) is 0 Å². The van der Waals surface area contributed by atoms with Gasteiger partial charge in [-0.05, 0) is 49.4 Å². The van der Waals surface area contributed by atoms with E-state index in [4.69, 9.17) is 16.0 Å². The van der Waals surface area contributed by atoms with Gasteiger partial charge in [-0.25, -0.2) is 9.64 Å². The van der Waals surface area contributed by atoms with Crippen molar-refractivity contribution in [2.24, 2.45) is 0 Å². The van der Waals surface area contributed by atoms with Crippen LogP contribution in [0.1, 0.15) is 32.6 Å². The SMILES string of the molecule is [C-]#[N+]c1ccc(-c2ccc(OC(=O)CCCCCOC(=O)C(=C)C)cc2)cc1. The first kappa shape index (κ1) is 20.9. The van der Waals surface area contributed by atoms with Crippen molar-refractivity contribution in [2.45, 2.75) is 32.6 Å². The first-order chi connectivity index (χ1) is 13.5. The van der Waals surface area contributed by atoms with Crippen molar-refractivity contribution >= 4 is 17.6 Å². The second kappa shape index (κ2) is 10.7. The molecule has 2 aromatic rings. The molecule has 0 spiro atoms. The van der Waals surface area contributed by atoms with Gasteiger partial charge in [0.2, 0.25) is 0 Å². The van der Waals surface area contributed by atoms with E-state index < -0.39 is 0 Å². The van der Waals surface area contributed by atoms with Crippen molar-refractivity contribution < 1.29 is 19.1 Å². The average Bonchev–Trinajstić information content (AvgIpc) is 2.71. The zero-order chi connectivity index (χ0) is 20.4. The Kier molecular flexibility index (Phi) is 7.98. The highest BCUT2D eigenvalue weighted by atomic mass is 16.5. The van der Waals surface area contributed by atoms with Crippen molar-refractivity contribution in [3.63, 3.8) is 0 Å². The fraction of sp³-hybridized carbons (Fsp3) is 0.261.